The second kappa shape index (κ2) is 5.31. The molecule has 1 aromatic carbocycles. The molecule has 0 aliphatic carbocycles. The van der Waals surface area contributed by atoms with E-state index in [-0.39, 0.29) is 6.04 Å². The molecule has 102 valence electrons. The van der Waals surface area contributed by atoms with E-state index in [4.69, 9.17) is 10.5 Å². The summed E-state index contributed by atoms with van der Waals surface area (Å²) in [6.07, 6.45) is 3.00. The molecule has 0 saturated carbocycles. The minimum absolute atomic E-state index is 0.183. The van der Waals surface area contributed by atoms with E-state index in [1.54, 1.807) is 0 Å². The molecule has 2 heterocycles. The summed E-state index contributed by atoms with van der Waals surface area (Å²) >= 11 is 0. The average Bonchev–Trinajstić information content (AvgIpc) is 2.77. The van der Waals surface area contributed by atoms with Gasteiger partial charge in [-0.15, -0.1) is 0 Å². The largest absolute Gasteiger partial charge is 0.381 e. The van der Waals surface area contributed by atoms with Crippen molar-refractivity contribution in [3.8, 4) is 0 Å². The van der Waals surface area contributed by atoms with Crippen molar-refractivity contribution < 1.29 is 4.74 Å². The van der Waals surface area contributed by atoms with Gasteiger partial charge in [0, 0.05) is 38.1 Å². The molecule has 0 spiro atoms. The number of fused-ring (bicyclic) bond motifs is 1. The number of benzene rings is 1. The lowest BCUT2D eigenvalue weighted by atomic mass is 9.89. The number of rotatable bonds is 3. The minimum Gasteiger partial charge on any atom is -0.381 e. The SMILES string of the molecule is Cn1nc(CC(N)C2CCOCC2)c2ccccc21. The van der Waals surface area contributed by atoms with Crippen molar-refractivity contribution in [2.45, 2.75) is 25.3 Å². The van der Waals surface area contributed by atoms with E-state index in [9.17, 15) is 0 Å². The van der Waals surface area contributed by atoms with Gasteiger partial charge in [-0.1, -0.05) is 18.2 Å². The molecular weight excluding hydrogens is 238 g/mol. The first-order valence-corrected chi connectivity index (χ1v) is 6.99. The van der Waals surface area contributed by atoms with Crippen LogP contribution in [0.2, 0.25) is 0 Å². The Morgan fingerprint density at radius 1 is 1.37 bits per heavy atom. The fourth-order valence-corrected chi connectivity index (χ4v) is 2.97. The molecule has 0 radical (unpaired) electrons. The number of ether oxygens (including phenoxy) is 1. The fraction of sp³-hybridized carbons (Fsp3) is 0.533. The molecule has 1 aliphatic rings. The summed E-state index contributed by atoms with van der Waals surface area (Å²) in [6.45, 7) is 1.70. The predicted molar refractivity (Wildman–Crippen MR) is 75.9 cm³/mol. The van der Waals surface area contributed by atoms with E-state index in [0.717, 1.165) is 38.2 Å². The van der Waals surface area contributed by atoms with E-state index in [1.165, 1.54) is 10.9 Å². The highest BCUT2D eigenvalue weighted by atomic mass is 16.5. The molecule has 0 bridgehead atoms. The highest BCUT2D eigenvalue weighted by Gasteiger charge is 2.22. The summed E-state index contributed by atoms with van der Waals surface area (Å²) in [5, 5.41) is 5.86. The Hall–Kier alpha value is -1.39. The number of nitrogens with two attached hydrogens (primary N) is 1. The topological polar surface area (TPSA) is 53.1 Å². The third kappa shape index (κ3) is 2.51. The van der Waals surface area contributed by atoms with Crippen LogP contribution in [0.25, 0.3) is 10.9 Å². The minimum atomic E-state index is 0.183. The first kappa shape index (κ1) is 12.6. The average molecular weight is 259 g/mol. The quantitative estimate of drug-likeness (QED) is 0.915. The lowest BCUT2D eigenvalue weighted by Gasteiger charge is -2.27. The molecule has 3 rings (SSSR count). The van der Waals surface area contributed by atoms with E-state index in [0.29, 0.717) is 5.92 Å². The third-order valence-electron chi connectivity index (χ3n) is 4.13. The van der Waals surface area contributed by atoms with Gasteiger partial charge in [-0.05, 0) is 24.8 Å². The van der Waals surface area contributed by atoms with Gasteiger partial charge in [-0.25, -0.2) is 0 Å². The van der Waals surface area contributed by atoms with Crippen LogP contribution >= 0.6 is 0 Å². The van der Waals surface area contributed by atoms with Gasteiger partial charge in [-0.3, -0.25) is 4.68 Å². The molecule has 1 aliphatic heterocycles. The van der Waals surface area contributed by atoms with E-state index in [2.05, 4.69) is 23.3 Å². The van der Waals surface area contributed by atoms with Crippen LogP contribution in [0.15, 0.2) is 24.3 Å². The first-order chi connectivity index (χ1) is 9.25. The van der Waals surface area contributed by atoms with Crippen molar-refractivity contribution in [3.05, 3.63) is 30.0 Å². The lowest BCUT2D eigenvalue weighted by molar-refractivity contribution is 0.0584. The molecule has 1 unspecified atom stereocenters. The molecule has 1 atom stereocenters. The Kier molecular flexibility index (Phi) is 3.53. The zero-order valence-corrected chi connectivity index (χ0v) is 11.4. The van der Waals surface area contributed by atoms with Crippen LogP contribution in [0, 0.1) is 5.92 Å². The first-order valence-electron chi connectivity index (χ1n) is 6.99. The number of hydrogen-bond acceptors (Lipinski definition) is 3. The van der Waals surface area contributed by atoms with Crippen molar-refractivity contribution in [2.24, 2.45) is 18.7 Å². The molecule has 2 aromatic rings. The summed E-state index contributed by atoms with van der Waals surface area (Å²) in [5.41, 5.74) is 8.68. The Labute approximate surface area is 113 Å². The molecule has 4 heteroatoms. The van der Waals surface area contributed by atoms with Crippen LogP contribution in [0.1, 0.15) is 18.5 Å². The van der Waals surface area contributed by atoms with E-state index >= 15 is 0 Å². The van der Waals surface area contributed by atoms with Crippen LogP contribution < -0.4 is 5.73 Å². The van der Waals surface area contributed by atoms with Crippen molar-refractivity contribution >= 4 is 10.9 Å². The van der Waals surface area contributed by atoms with Gasteiger partial charge in [0.05, 0.1) is 11.2 Å². The van der Waals surface area contributed by atoms with Gasteiger partial charge in [0.2, 0.25) is 0 Å². The summed E-state index contributed by atoms with van der Waals surface area (Å²) < 4.78 is 7.34. The summed E-state index contributed by atoms with van der Waals surface area (Å²) in [5.74, 6) is 0.564. The van der Waals surface area contributed by atoms with Crippen molar-refractivity contribution in [2.75, 3.05) is 13.2 Å². The number of aryl methyl sites for hydroxylation is 1. The van der Waals surface area contributed by atoms with Gasteiger partial charge >= 0.3 is 0 Å². The van der Waals surface area contributed by atoms with E-state index < -0.39 is 0 Å². The van der Waals surface area contributed by atoms with Gasteiger partial charge < -0.3 is 10.5 Å². The summed E-state index contributed by atoms with van der Waals surface area (Å²) in [6, 6.07) is 8.53. The number of para-hydroxylation sites is 1. The predicted octanol–water partition coefficient (Wildman–Crippen LogP) is 1.87. The highest BCUT2D eigenvalue weighted by Crippen LogP contribution is 2.23. The zero-order chi connectivity index (χ0) is 13.2. The van der Waals surface area contributed by atoms with Crippen LogP contribution in [-0.4, -0.2) is 29.0 Å². The Bertz CT molecular complexity index is 558. The standard InChI is InChI=1S/C15H21N3O/c1-18-15-5-3-2-4-12(15)14(17-18)10-13(16)11-6-8-19-9-7-11/h2-5,11,13H,6-10,16H2,1H3. The highest BCUT2D eigenvalue weighted by molar-refractivity contribution is 5.81. The molecule has 1 saturated heterocycles. The maximum atomic E-state index is 6.38. The van der Waals surface area contributed by atoms with Crippen molar-refractivity contribution in [1.29, 1.82) is 0 Å². The monoisotopic (exact) mass is 259 g/mol. The molecule has 1 aromatic heterocycles. The number of aromatic nitrogens is 2. The third-order valence-corrected chi connectivity index (χ3v) is 4.13. The molecule has 0 amide bonds. The lowest BCUT2D eigenvalue weighted by Crippen LogP contribution is -2.36. The van der Waals surface area contributed by atoms with Gasteiger partial charge in [0.15, 0.2) is 0 Å². The maximum absolute atomic E-state index is 6.38. The molecule has 4 nitrogen and oxygen atoms in total. The number of hydrogen-bond donors (Lipinski definition) is 1. The van der Waals surface area contributed by atoms with Crippen LogP contribution in [0.5, 0.6) is 0 Å². The zero-order valence-electron chi connectivity index (χ0n) is 11.4. The van der Waals surface area contributed by atoms with E-state index in [1.807, 2.05) is 17.8 Å². The van der Waals surface area contributed by atoms with Crippen molar-refractivity contribution in [3.63, 3.8) is 0 Å². The van der Waals surface area contributed by atoms with Crippen molar-refractivity contribution in [1.82, 2.24) is 9.78 Å². The van der Waals surface area contributed by atoms with Gasteiger partial charge in [-0.2, -0.15) is 5.10 Å². The summed E-state index contributed by atoms with van der Waals surface area (Å²) in [7, 11) is 1.99. The van der Waals surface area contributed by atoms with Gasteiger partial charge in [0.1, 0.15) is 0 Å². The summed E-state index contributed by atoms with van der Waals surface area (Å²) in [4.78, 5) is 0. The second-order valence-electron chi connectivity index (χ2n) is 5.41. The molecular formula is C15H21N3O. The Morgan fingerprint density at radius 2 is 2.11 bits per heavy atom. The Morgan fingerprint density at radius 3 is 2.89 bits per heavy atom. The second-order valence-corrected chi connectivity index (χ2v) is 5.41. The smallest absolute Gasteiger partial charge is 0.0718 e. The van der Waals surface area contributed by atoms with Crippen LogP contribution in [-0.2, 0) is 18.2 Å². The normalized spacial score (nSPS) is 18.8. The molecule has 1 fully saturated rings. The van der Waals surface area contributed by atoms with Gasteiger partial charge in [0.25, 0.3) is 0 Å². The maximum Gasteiger partial charge on any atom is 0.0718 e. The Balaban J connectivity index is 1.81. The molecule has 19 heavy (non-hydrogen) atoms. The van der Waals surface area contributed by atoms with Crippen LogP contribution in [0.3, 0.4) is 0 Å². The molecule has 2 N–H and O–H groups in total. The number of nitrogens with zero attached hydrogens (tertiary/aromatic N) is 2. The fourth-order valence-electron chi connectivity index (χ4n) is 2.97. The van der Waals surface area contributed by atoms with Crippen LogP contribution in [0.4, 0.5) is 0 Å².